The number of nitrogens with two attached hydrogens (primary N) is 1. The summed E-state index contributed by atoms with van der Waals surface area (Å²) in [5.41, 5.74) is 6.39. The van der Waals surface area contributed by atoms with Gasteiger partial charge in [0.1, 0.15) is 0 Å². The molecule has 1 atom stereocenters. The zero-order chi connectivity index (χ0) is 14.2. The summed E-state index contributed by atoms with van der Waals surface area (Å²) in [5, 5.41) is 22.5. The highest BCUT2D eigenvalue weighted by Gasteiger charge is 2.27. The zero-order valence-corrected chi connectivity index (χ0v) is 11.1. The summed E-state index contributed by atoms with van der Waals surface area (Å²) in [4.78, 5) is 4.22. The Hall–Kier alpha value is -2.08. The van der Waals surface area contributed by atoms with Gasteiger partial charge in [-0.25, -0.2) is 0 Å². The second-order valence-corrected chi connectivity index (χ2v) is 5.50. The third kappa shape index (κ3) is 2.68. The Morgan fingerprint density at radius 2 is 1.89 bits per heavy atom. The van der Waals surface area contributed by atoms with Crippen LogP contribution in [0.25, 0.3) is 11.4 Å². The van der Waals surface area contributed by atoms with Crippen molar-refractivity contribution in [3.05, 3.63) is 24.1 Å². The number of hydrogen-bond donors (Lipinski definition) is 3. The van der Waals surface area contributed by atoms with Crippen molar-refractivity contribution in [1.29, 1.82) is 0 Å². The molecule has 0 spiro atoms. The fourth-order valence-electron chi connectivity index (χ4n) is 1.51. The molecule has 2 aromatic rings. The minimum atomic E-state index is -0.375. The third-order valence-corrected chi connectivity index (χ3v) is 2.87. The molecule has 19 heavy (non-hydrogen) atoms. The fraction of sp³-hybridized carbons (Fsp3) is 0.385. The van der Waals surface area contributed by atoms with Crippen molar-refractivity contribution in [1.82, 2.24) is 10.1 Å². The lowest BCUT2D eigenvalue weighted by Gasteiger charge is -2.23. The van der Waals surface area contributed by atoms with Gasteiger partial charge >= 0.3 is 0 Å². The minimum absolute atomic E-state index is 0.194. The molecule has 0 saturated heterocycles. The standard InChI is InChI=1S/C13H17N3O3/c1-13(2,3)10(14)12-15-11(16-19-12)7-4-5-8(17)9(18)6-7/h4-6,10,17-18H,14H2,1-3H3/t10-/m1/s1. The van der Waals surface area contributed by atoms with Crippen molar-refractivity contribution in [2.24, 2.45) is 11.1 Å². The molecule has 0 aliphatic carbocycles. The molecule has 1 aromatic carbocycles. The van der Waals surface area contributed by atoms with Crippen LogP contribution in [0.15, 0.2) is 22.7 Å². The summed E-state index contributed by atoms with van der Waals surface area (Å²) >= 11 is 0. The molecule has 0 fully saturated rings. The molecule has 2 rings (SSSR count). The molecule has 6 nitrogen and oxygen atoms in total. The molecule has 1 aromatic heterocycles. The molecular weight excluding hydrogens is 246 g/mol. The highest BCUT2D eigenvalue weighted by atomic mass is 16.5. The van der Waals surface area contributed by atoms with Crippen LogP contribution in [0, 0.1) is 5.41 Å². The highest BCUT2D eigenvalue weighted by molar-refractivity contribution is 5.59. The van der Waals surface area contributed by atoms with Crippen molar-refractivity contribution in [3.8, 4) is 22.9 Å². The molecule has 0 unspecified atom stereocenters. The van der Waals surface area contributed by atoms with E-state index in [1.54, 1.807) is 6.07 Å². The van der Waals surface area contributed by atoms with E-state index in [9.17, 15) is 10.2 Å². The minimum Gasteiger partial charge on any atom is -0.504 e. The van der Waals surface area contributed by atoms with Gasteiger partial charge < -0.3 is 20.5 Å². The number of hydrogen-bond acceptors (Lipinski definition) is 6. The van der Waals surface area contributed by atoms with Gasteiger partial charge in [0, 0.05) is 5.56 Å². The Balaban J connectivity index is 2.33. The van der Waals surface area contributed by atoms with Gasteiger partial charge in [0.2, 0.25) is 11.7 Å². The number of benzene rings is 1. The van der Waals surface area contributed by atoms with Gasteiger partial charge in [-0.05, 0) is 23.6 Å². The number of phenolic OH excluding ortho intramolecular Hbond substituents is 2. The number of nitrogens with zero attached hydrogens (tertiary/aromatic N) is 2. The van der Waals surface area contributed by atoms with Gasteiger partial charge in [-0.1, -0.05) is 25.9 Å². The maximum Gasteiger partial charge on any atom is 0.244 e. The molecule has 0 bridgehead atoms. The maximum atomic E-state index is 9.45. The topological polar surface area (TPSA) is 105 Å². The van der Waals surface area contributed by atoms with Gasteiger partial charge in [0.05, 0.1) is 6.04 Å². The van der Waals surface area contributed by atoms with E-state index in [1.165, 1.54) is 12.1 Å². The summed E-state index contributed by atoms with van der Waals surface area (Å²) in [6.07, 6.45) is 0. The Labute approximate surface area is 110 Å². The average molecular weight is 263 g/mol. The molecule has 0 radical (unpaired) electrons. The van der Waals surface area contributed by atoms with Crippen molar-refractivity contribution in [2.45, 2.75) is 26.8 Å². The fourth-order valence-corrected chi connectivity index (χ4v) is 1.51. The van der Waals surface area contributed by atoms with Gasteiger partial charge in [0.25, 0.3) is 0 Å². The number of phenols is 2. The molecule has 4 N–H and O–H groups in total. The van der Waals surface area contributed by atoms with Crippen LogP contribution in [0.1, 0.15) is 32.7 Å². The van der Waals surface area contributed by atoms with Gasteiger partial charge in [-0.3, -0.25) is 0 Å². The van der Waals surface area contributed by atoms with Crippen molar-refractivity contribution < 1.29 is 14.7 Å². The first-order chi connectivity index (χ1) is 8.79. The van der Waals surface area contributed by atoms with Crippen molar-refractivity contribution >= 4 is 0 Å². The molecule has 0 amide bonds. The van der Waals surface area contributed by atoms with Gasteiger partial charge in [-0.15, -0.1) is 0 Å². The van der Waals surface area contributed by atoms with Crippen LogP contribution >= 0.6 is 0 Å². The number of aromatic hydroxyl groups is 2. The summed E-state index contributed by atoms with van der Waals surface area (Å²) in [6, 6.07) is 3.95. The van der Waals surface area contributed by atoms with E-state index in [0.717, 1.165) is 0 Å². The first kappa shape index (κ1) is 13.4. The third-order valence-electron chi connectivity index (χ3n) is 2.87. The predicted octanol–water partition coefficient (Wildman–Crippen LogP) is 2.19. The van der Waals surface area contributed by atoms with E-state index in [-0.39, 0.29) is 23.0 Å². The summed E-state index contributed by atoms with van der Waals surface area (Å²) in [6.45, 7) is 5.94. The van der Waals surface area contributed by atoms with Crippen molar-refractivity contribution in [3.63, 3.8) is 0 Å². The largest absolute Gasteiger partial charge is 0.504 e. The molecule has 0 aliphatic rings. The normalized spacial score (nSPS) is 13.5. The Bertz CT molecular complexity index is 587. The van der Waals surface area contributed by atoms with Crippen LogP contribution in [0.3, 0.4) is 0 Å². The summed E-state index contributed by atoms with van der Waals surface area (Å²) in [7, 11) is 0. The summed E-state index contributed by atoms with van der Waals surface area (Å²) in [5.74, 6) is 0.239. The van der Waals surface area contributed by atoms with E-state index in [0.29, 0.717) is 17.3 Å². The number of aromatic nitrogens is 2. The van der Waals surface area contributed by atoms with Crippen molar-refractivity contribution in [2.75, 3.05) is 0 Å². The number of rotatable bonds is 2. The molecule has 1 heterocycles. The Morgan fingerprint density at radius 3 is 2.47 bits per heavy atom. The first-order valence-corrected chi connectivity index (χ1v) is 5.90. The molecule has 0 aliphatic heterocycles. The van der Waals surface area contributed by atoms with Crippen LogP contribution in [0.5, 0.6) is 11.5 Å². The van der Waals surface area contributed by atoms with Crippen LogP contribution in [-0.2, 0) is 0 Å². The lowest BCUT2D eigenvalue weighted by atomic mass is 9.87. The van der Waals surface area contributed by atoms with Crippen LogP contribution < -0.4 is 5.73 Å². The monoisotopic (exact) mass is 263 g/mol. The van der Waals surface area contributed by atoms with E-state index in [1.807, 2.05) is 20.8 Å². The predicted molar refractivity (Wildman–Crippen MR) is 69.4 cm³/mol. The van der Waals surface area contributed by atoms with Crippen LogP contribution in [-0.4, -0.2) is 20.4 Å². The quantitative estimate of drug-likeness (QED) is 0.717. The van der Waals surface area contributed by atoms with Gasteiger partial charge in [0.15, 0.2) is 11.5 Å². The molecule has 0 saturated carbocycles. The van der Waals surface area contributed by atoms with Gasteiger partial charge in [-0.2, -0.15) is 4.98 Å². The maximum absolute atomic E-state index is 9.45. The second kappa shape index (κ2) is 4.55. The van der Waals surface area contributed by atoms with E-state index in [4.69, 9.17) is 10.3 Å². The van der Waals surface area contributed by atoms with E-state index < -0.39 is 0 Å². The highest BCUT2D eigenvalue weighted by Crippen LogP contribution is 2.32. The van der Waals surface area contributed by atoms with E-state index in [2.05, 4.69) is 10.1 Å². The Morgan fingerprint density at radius 1 is 1.21 bits per heavy atom. The first-order valence-electron chi connectivity index (χ1n) is 5.90. The Kier molecular flexibility index (Phi) is 3.20. The molecule has 102 valence electrons. The lowest BCUT2D eigenvalue weighted by Crippen LogP contribution is -2.26. The molecular formula is C13H17N3O3. The molecule has 6 heteroatoms. The lowest BCUT2D eigenvalue weighted by molar-refractivity contribution is 0.253. The average Bonchev–Trinajstić information content (AvgIpc) is 2.79. The second-order valence-electron chi connectivity index (χ2n) is 5.50. The summed E-state index contributed by atoms with van der Waals surface area (Å²) < 4.78 is 5.15. The van der Waals surface area contributed by atoms with Crippen LogP contribution in [0.2, 0.25) is 0 Å². The smallest absolute Gasteiger partial charge is 0.244 e. The zero-order valence-electron chi connectivity index (χ0n) is 11.1. The SMILES string of the molecule is CC(C)(C)[C@H](N)c1nc(-c2ccc(O)c(O)c2)no1. The van der Waals surface area contributed by atoms with E-state index >= 15 is 0 Å². The van der Waals surface area contributed by atoms with Crippen LogP contribution in [0.4, 0.5) is 0 Å².